The fourth-order valence-electron chi connectivity index (χ4n) is 3.94. The Balaban J connectivity index is 0.00000259. The van der Waals surface area contributed by atoms with Gasteiger partial charge in [0, 0.05) is 26.2 Å². The number of carbonyl (C=O) groups is 1. The molecule has 3 heterocycles. The molecule has 3 aromatic rings. The monoisotopic (exact) mass is 493 g/mol. The van der Waals surface area contributed by atoms with Crippen LogP contribution in [0, 0.1) is 5.82 Å². The number of hydrogen-bond acceptors (Lipinski definition) is 7. The highest BCUT2D eigenvalue weighted by molar-refractivity contribution is 7.22. The number of halogens is 2. The Hall–Kier alpha value is -2.46. The number of benzene rings is 2. The first-order chi connectivity index (χ1) is 15.7. The average molecular weight is 494 g/mol. The van der Waals surface area contributed by atoms with Gasteiger partial charge >= 0.3 is 0 Å². The number of rotatable bonds is 7. The van der Waals surface area contributed by atoms with E-state index in [1.54, 1.807) is 11.0 Å². The van der Waals surface area contributed by atoms with Crippen molar-refractivity contribution in [1.82, 2.24) is 9.88 Å². The highest BCUT2D eigenvalue weighted by Gasteiger charge is 2.23. The van der Waals surface area contributed by atoms with E-state index in [4.69, 9.17) is 14.2 Å². The number of thiazole rings is 1. The maximum Gasteiger partial charge on any atom is 0.233 e. The molecule has 0 N–H and O–H groups in total. The first kappa shape index (κ1) is 23.7. The van der Waals surface area contributed by atoms with E-state index in [2.05, 4.69) is 9.88 Å². The third-order valence-electron chi connectivity index (χ3n) is 5.64. The predicted octanol–water partition coefficient (Wildman–Crippen LogP) is 3.88. The summed E-state index contributed by atoms with van der Waals surface area (Å²) in [5.74, 6) is 0.883. The zero-order chi connectivity index (χ0) is 21.9. The fourth-order valence-corrected chi connectivity index (χ4v) is 4.97. The van der Waals surface area contributed by atoms with Crippen LogP contribution in [-0.2, 0) is 16.0 Å². The van der Waals surface area contributed by atoms with E-state index >= 15 is 0 Å². The Morgan fingerprint density at radius 1 is 1.15 bits per heavy atom. The van der Waals surface area contributed by atoms with E-state index in [1.165, 1.54) is 17.4 Å². The number of hydrogen-bond donors (Lipinski definition) is 0. The van der Waals surface area contributed by atoms with Crippen LogP contribution in [0.2, 0.25) is 0 Å². The van der Waals surface area contributed by atoms with Crippen LogP contribution in [0.15, 0.2) is 36.4 Å². The van der Waals surface area contributed by atoms with Crippen molar-refractivity contribution >= 4 is 45.0 Å². The van der Waals surface area contributed by atoms with Crippen LogP contribution in [0.25, 0.3) is 10.2 Å². The van der Waals surface area contributed by atoms with Gasteiger partial charge in [-0.3, -0.25) is 14.6 Å². The number of carbonyl (C=O) groups excluding carboxylic acids is 1. The maximum absolute atomic E-state index is 14.2. The average Bonchev–Trinajstić information content (AvgIpc) is 3.44. The van der Waals surface area contributed by atoms with Crippen molar-refractivity contribution in [2.75, 3.05) is 51.1 Å². The molecule has 2 aliphatic heterocycles. The van der Waals surface area contributed by atoms with E-state index in [-0.39, 0.29) is 37.3 Å². The van der Waals surface area contributed by atoms with Crippen molar-refractivity contribution in [3.63, 3.8) is 0 Å². The maximum atomic E-state index is 14.2. The topological polar surface area (TPSA) is 64.1 Å². The number of amides is 1. The second-order valence-corrected chi connectivity index (χ2v) is 8.81. The Morgan fingerprint density at radius 3 is 2.79 bits per heavy atom. The van der Waals surface area contributed by atoms with E-state index in [0.717, 1.165) is 49.5 Å². The lowest BCUT2D eigenvalue weighted by molar-refractivity contribution is -0.118. The van der Waals surface area contributed by atoms with E-state index in [1.807, 2.05) is 24.3 Å². The molecule has 0 aliphatic carbocycles. The Kier molecular flexibility index (Phi) is 7.64. The Bertz CT molecular complexity index is 1120. The van der Waals surface area contributed by atoms with Gasteiger partial charge in [0.15, 0.2) is 16.6 Å². The van der Waals surface area contributed by atoms with Crippen molar-refractivity contribution in [2.24, 2.45) is 0 Å². The van der Waals surface area contributed by atoms with Crippen molar-refractivity contribution in [2.45, 2.75) is 12.8 Å². The molecule has 5 rings (SSSR count). The summed E-state index contributed by atoms with van der Waals surface area (Å²) >= 11 is 1.34. The van der Waals surface area contributed by atoms with Gasteiger partial charge in [-0.25, -0.2) is 9.37 Å². The van der Waals surface area contributed by atoms with Gasteiger partial charge in [0.1, 0.15) is 11.3 Å². The molecule has 0 unspecified atom stereocenters. The Labute approximate surface area is 201 Å². The smallest absolute Gasteiger partial charge is 0.233 e. The summed E-state index contributed by atoms with van der Waals surface area (Å²) in [7, 11) is 0. The molecule has 7 nitrogen and oxygen atoms in total. The van der Waals surface area contributed by atoms with Crippen molar-refractivity contribution < 1.29 is 23.4 Å². The van der Waals surface area contributed by atoms with Crippen molar-refractivity contribution in [1.29, 1.82) is 0 Å². The van der Waals surface area contributed by atoms with Crippen LogP contribution in [0.1, 0.15) is 12.0 Å². The van der Waals surface area contributed by atoms with E-state index in [9.17, 15) is 9.18 Å². The summed E-state index contributed by atoms with van der Waals surface area (Å²) < 4.78 is 31.2. The van der Waals surface area contributed by atoms with E-state index in [0.29, 0.717) is 28.7 Å². The van der Waals surface area contributed by atoms with Gasteiger partial charge in [0.05, 0.1) is 24.3 Å². The van der Waals surface area contributed by atoms with Crippen LogP contribution in [0.3, 0.4) is 0 Å². The highest BCUT2D eigenvalue weighted by Crippen LogP contribution is 2.34. The first-order valence-electron chi connectivity index (χ1n) is 10.7. The lowest BCUT2D eigenvalue weighted by Crippen LogP contribution is -2.39. The molecule has 10 heteroatoms. The van der Waals surface area contributed by atoms with Gasteiger partial charge in [-0.05, 0) is 36.2 Å². The fraction of sp³-hybridized carbons (Fsp3) is 0.391. The summed E-state index contributed by atoms with van der Waals surface area (Å²) in [5, 5.41) is 0.526. The summed E-state index contributed by atoms with van der Waals surface area (Å²) in [5.41, 5.74) is 1.14. The number of nitrogens with zero attached hydrogens (tertiary/aromatic N) is 3. The van der Waals surface area contributed by atoms with Crippen LogP contribution in [0.4, 0.5) is 9.52 Å². The molecule has 2 aromatic carbocycles. The third kappa shape index (κ3) is 5.38. The Morgan fingerprint density at radius 2 is 1.97 bits per heavy atom. The first-order valence-corrected chi connectivity index (χ1v) is 11.5. The SMILES string of the molecule is Cl.O=C(Cc1ccc2c(c1)OCO2)N(CCCN1CCOCC1)c1nc2c(F)cccc2s1. The lowest BCUT2D eigenvalue weighted by Gasteiger charge is -2.27. The van der Waals surface area contributed by atoms with E-state index < -0.39 is 0 Å². The van der Waals surface area contributed by atoms with Crippen molar-refractivity contribution in [3.05, 3.63) is 47.8 Å². The molecule has 1 aromatic heterocycles. The van der Waals surface area contributed by atoms with Crippen LogP contribution >= 0.6 is 23.7 Å². The second kappa shape index (κ2) is 10.6. The molecular weight excluding hydrogens is 469 g/mol. The van der Waals surface area contributed by atoms with Crippen LogP contribution in [-0.4, -0.2) is 62.0 Å². The van der Waals surface area contributed by atoms with Gasteiger partial charge in [-0.2, -0.15) is 0 Å². The molecule has 0 saturated carbocycles. The predicted molar refractivity (Wildman–Crippen MR) is 127 cm³/mol. The normalized spacial score (nSPS) is 15.4. The molecule has 1 saturated heterocycles. The number of ether oxygens (including phenoxy) is 3. The van der Waals surface area contributed by atoms with Gasteiger partial charge in [0.25, 0.3) is 0 Å². The van der Waals surface area contributed by atoms with Gasteiger partial charge in [-0.1, -0.05) is 23.5 Å². The molecule has 1 amide bonds. The number of fused-ring (bicyclic) bond motifs is 2. The summed E-state index contributed by atoms with van der Waals surface area (Å²) in [4.78, 5) is 21.8. The molecule has 176 valence electrons. The van der Waals surface area contributed by atoms with Crippen LogP contribution < -0.4 is 14.4 Å². The molecule has 2 aliphatic rings. The van der Waals surface area contributed by atoms with Gasteiger partial charge in [-0.15, -0.1) is 12.4 Å². The number of para-hydroxylation sites is 1. The molecule has 0 bridgehead atoms. The lowest BCUT2D eigenvalue weighted by atomic mass is 10.1. The quantitative estimate of drug-likeness (QED) is 0.497. The molecular formula is C23H25ClFN3O4S. The summed E-state index contributed by atoms with van der Waals surface area (Å²) in [6.07, 6.45) is 0.998. The number of aromatic nitrogens is 1. The minimum absolute atomic E-state index is 0. The minimum atomic E-state index is -0.374. The van der Waals surface area contributed by atoms with Gasteiger partial charge < -0.3 is 14.2 Å². The standard InChI is InChI=1S/C23H24FN3O4S.ClH/c24-17-3-1-4-20-22(17)25-23(32-20)27(8-2-7-26-9-11-29-12-10-26)21(28)14-16-5-6-18-19(13-16)31-15-30-18;/h1,3-6,13H,2,7-12,14-15H2;1H. The minimum Gasteiger partial charge on any atom is -0.454 e. The van der Waals surface area contributed by atoms with Crippen LogP contribution in [0.5, 0.6) is 11.5 Å². The zero-order valence-corrected chi connectivity index (χ0v) is 19.6. The molecule has 1 fully saturated rings. The second-order valence-electron chi connectivity index (χ2n) is 7.80. The largest absolute Gasteiger partial charge is 0.454 e. The zero-order valence-electron chi connectivity index (χ0n) is 18.0. The number of morpholine rings is 1. The molecule has 0 radical (unpaired) electrons. The molecule has 0 spiro atoms. The molecule has 33 heavy (non-hydrogen) atoms. The summed E-state index contributed by atoms with van der Waals surface area (Å²) in [6.45, 7) is 4.86. The third-order valence-corrected chi connectivity index (χ3v) is 6.69. The summed E-state index contributed by atoms with van der Waals surface area (Å²) in [6, 6.07) is 10.4. The highest BCUT2D eigenvalue weighted by atomic mass is 35.5. The van der Waals surface area contributed by atoms with Gasteiger partial charge in [0.2, 0.25) is 12.7 Å². The molecule has 0 atom stereocenters. The van der Waals surface area contributed by atoms with Crippen molar-refractivity contribution in [3.8, 4) is 11.5 Å². The number of anilines is 1.